The molecule has 2 heterocycles. The zero-order valence-corrected chi connectivity index (χ0v) is 51.5. The molecule has 9 N–H and O–H groups in total. The van der Waals surface area contributed by atoms with E-state index in [4.69, 9.17) is 18.9 Å². The first kappa shape index (κ1) is 75.3. The van der Waals surface area contributed by atoms with Crippen LogP contribution in [0.15, 0.2) is 36.5 Å². The molecule has 14 nitrogen and oxygen atoms in total. The molecular formula is C67H125NO13. The van der Waals surface area contributed by atoms with Gasteiger partial charge in [-0.15, -0.1) is 0 Å². The molecule has 12 unspecified atom stereocenters. The van der Waals surface area contributed by atoms with Gasteiger partial charge in [-0.3, -0.25) is 4.79 Å². The Hall–Kier alpha value is -1.79. The normalized spacial score (nSPS) is 24.3. The van der Waals surface area contributed by atoms with Gasteiger partial charge in [0.15, 0.2) is 12.6 Å². The summed E-state index contributed by atoms with van der Waals surface area (Å²) < 4.78 is 22.8. The van der Waals surface area contributed by atoms with Crippen LogP contribution in [0.3, 0.4) is 0 Å². The van der Waals surface area contributed by atoms with E-state index in [0.717, 1.165) is 44.9 Å². The van der Waals surface area contributed by atoms with Gasteiger partial charge < -0.3 is 65.1 Å². The summed E-state index contributed by atoms with van der Waals surface area (Å²) in [6.07, 6.45) is 49.2. The summed E-state index contributed by atoms with van der Waals surface area (Å²) in [5.74, 6) is -0.249. The van der Waals surface area contributed by atoms with E-state index in [9.17, 15) is 45.6 Å². The molecule has 2 fully saturated rings. The molecule has 14 heteroatoms. The fraction of sp³-hybridized carbons (Fsp3) is 0.896. The molecule has 476 valence electrons. The second-order valence-corrected chi connectivity index (χ2v) is 23.9. The van der Waals surface area contributed by atoms with Gasteiger partial charge >= 0.3 is 0 Å². The monoisotopic (exact) mass is 1150 g/mol. The minimum absolute atomic E-state index is 0.249. The fourth-order valence-corrected chi connectivity index (χ4v) is 11.2. The molecule has 0 aromatic heterocycles. The highest BCUT2D eigenvalue weighted by Gasteiger charge is 2.51. The third kappa shape index (κ3) is 37.4. The molecular weight excluding hydrogens is 1030 g/mol. The average molecular weight is 1150 g/mol. The fourth-order valence-electron chi connectivity index (χ4n) is 11.2. The van der Waals surface area contributed by atoms with Crippen LogP contribution in [0, 0.1) is 0 Å². The maximum absolute atomic E-state index is 13.3. The third-order valence-corrected chi connectivity index (χ3v) is 16.6. The lowest BCUT2D eigenvalue weighted by atomic mass is 9.97. The van der Waals surface area contributed by atoms with Crippen LogP contribution < -0.4 is 5.32 Å². The Morgan fingerprint density at radius 3 is 1.21 bits per heavy atom. The molecule has 0 aromatic rings. The Bertz CT molecular complexity index is 1500. The van der Waals surface area contributed by atoms with Crippen LogP contribution in [0.25, 0.3) is 0 Å². The van der Waals surface area contributed by atoms with Crippen molar-refractivity contribution in [2.45, 2.75) is 364 Å². The lowest BCUT2D eigenvalue weighted by molar-refractivity contribution is -0.359. The topological polar surface area (TPSA) is 228 Å². The van der Waals surface area contributed by atoms with E-state index >= 15 is 0 Å². The summed E-state index contributed by atoms with van der Waals surface area (Å²) in [5, 5.41) is 87.3. The Balaban J connectivity index is 1.72. The van der Waals surface area contributed by atoms with Gasteiger partial charge in [-0.05, 0) is 44.9 Å². The molecule has 0 aromatic carbocycles. The minimum atomic E-state index is -1.79. The van der Waals surface area contributed by atoms with Crippen LogP contribution in [0.4, 0.5) is 0 Å². The molecule has 81 heavy (non-hydrogen) atoms. The van der Waals surface area contributed by atoms with Gasteiger partial charge in [-0.25, -0.2) is 0 Å². The van der Waals surface area contributed by atoms with Crippen molar-refractivity contribution in [1.82, 2.24) is 5.32 Å². The smallest absolute Gasteiger partial charge is 0.220 e. The van der Waals surface area contributed by atoms with Gasteiger partial charge in [0.25, 0.3) is 0 Å². The van der Waals surface area contributed by atoms with Crippen LogP contribution in [0.2, 0.25) is 0 Å². The summed E-state index contributed by atoms with van der Waals surface area (Å²) in [7, 11) is 0. The first-order chi connectivity index (χ1) is 39.6. The largest absolute Gasteiger partial charge is 0.394 e. The number of rotatable bonds is 55. The second-order valence-electron chi connectivity index (χ2n) is 23.9. The number of hydrogen-bond acceptors (Lipinski definition) is 13. The number of amides is 1. The van der Waals surface area contributed by atoms with Crippen molar-refractivity contribution in [3.63, 3.8) is 0 Å². The van der Waals surface area contributed by atoms with Gasteiger partial charge in [0.1, 0.15) is 48.8 Å². The number of unbranched alkanes of at least 4 members (excludes halogenated alkanes) is 38. The lowest BCUT2D eigenvalue weighted by Crippen LogP contribution is -2.65. The molecule has 0 saturated carbocycles. The maximum atomic E-state index is 13.3. The Morgan fingerprint density at radius 1 is 0.432 bits per heavy atom. The van der Waals surface area contributed by atoms with Gasteiger partial charge in [-0.1, -0.05) is 275 Å². The number of hydrogen-bond donors (Lipinski definition) is 9. The highest BCUT2D eigenvalue weighted by molar-refractivity contribution is 5.76. The van der Waals surface area contributed by atoms with Gasteiger partial charge in [0.2, 0.25) is 5.91 Å². The summed E-state index contributed by atoms with van der Waals surface area (Å²) in [6, 6.07) is -0.936. The first-order valence-corrected chi connectivity index (χ1v) is 33.7. The number of aliphatic hydroxyl groups is 8. The number of nitrogens with one attached hydrogen (secondary N) is 1. The first-order valence-electron chi connectivity index (χ1n) is 33.7. The van der Waals surface area contributed by atoms with Crippen molar-refractivity contribution in [2.75, 3.05) is 19.8 Å². The summed E-state index contributed by atoms with van der Waals surface area (Å²) >= 11 is 0. The Morgan fingerprint density at radius 2 is 0.790 bits per heavy atom. The zero-order chi connectivity index (χ0) is 58.8. The van der Waals surface area contributed by atoms with Crippen LogP contribution in [0.5, 0.6) is 0 Å². The quantitative estimate of drug-likeness (QED) is 0.0204. The van der Waals surface area contributed by atoms with Crippen molar-refractivity contribution in [3.05, 3.63) is 36.5 Å². The minimum Gasteiger partial charge on any atom is -0.394 e. The van der Waals surface area contributed by atoms with Crippen LogP contribution in [-0.4, -0.2) is 140 Å². The van der Waals surface area contributed by atoms with Gasteiger partial charge in [0.05, 0.1) is 32.0 Å². The second kappa shape index (κ2) is 52.5. The number of ether oxygens (including phenoxy) is 4. The molecule has 12 atom stereocenters. The predicted octanol–water partition coefficient (Wildman–Crippen LogP) is 13.0. The number of aliphatic hydroxyl groups excluding tert-OH is 8. The summed E-state index contributed by atoms with van der Waals surface area (Å²) in [6.45, 7) is 2.81. The van der Waals surface area contributed by atoms with Crippen LogP contribution >= 0.6 is 0 Å². The van der Waals surface area contributed by atoms with E-state index in [2.05, 4.69) is 43.5 Å². The van der Waals surface area contributed by atoms with E-state index in [1.54, 1.807) is 6.08 Å². The molecule has 0 radical (unpaired) electrons. The van der Waals surface area contributed by atoms with E-state index in [0.29, 0.717) is 12.8 Å². The molecule has 2 aliphatic rings. The number of carbonyl (C=O) groups excluding carboxylic acids is 1. The molecule has 0 bridgehead atoms. The predicted molar refractivity (Wildman–Crippen MR) is 328 cm³/mol. The SMILES string of the molecule is CCCCCCCCCCCCCCCCCCCCC/C=C/CC/C=C/CC/C=C/C(O)C(COC1OC(CO)C(OC2OC(CO)C(O)C(O)C2O)C(O)C1O)NC(=O)CCCCCCCCCCCCCCCCCCCC. The van der Waals surface area contributed by atoms with Gasteiger partial charge in [-0.2, -0.15) is 0 Å². The molecule has 2 aliphatic heterocycles. The van der Waals surface area contributed by atoms with Crippen molar-refractivity contribution < 1.29 is 64.6 Å². The van der Waals surface area contributed by atoms with Crippen molar-refractivity contribution in [3.8, 4) is 0 Å². The molecule has 2 rings (SSSR count). The lowest BCUT2D eigenvalue weighted by Gasteiger charge is -2.46. The van der Waals surface area contributed by atoms with E-state index in [-0.39, 0.29) is 18.9 Å². The van der Waals surface area contributed by atoms with Crippen LogP contribution in [0.1, 0.15) is 290 Å². The maximum Gasteiger partial charge on any atom is 0.220 e. The number of carbonyl (C=O) groups is 1. The zero-order valence-electron chi connectivity index (χ0n) is 51.5. The van der Waals surface area contributed by atoms with E-state index in [1.165, 1.54) is 212 Å². The van der Waals surface area contributed by atoms with Gasteiger partial charge in [0, 0.05) is 6.42 Å². The van der Waals surface area contributed by atoms with Crippen molar-refractivity contribution in [2.24, 2.45) is 0 Å². The highest BCUT2D eigenvalue weighted by atomic mass is 16.7. The van der Waals surface area contributed by atoms with Crippen LogP contribution in [-0.2, 0) is 23.7 Å². The average Bonchev–Trinajstić information content (AvgIpc) is 3.62. The van der Waals surface area contributed by atoms with E-state index in [1.807, 2.05) is 6.08 Å². The molecule has 0 spiro atoms. The third-order valence-electron chi connectivity index (χ3n) is 16.6. The molecule has 1 amide bonds. The standard InChI is InChI=1S/C67H125NO13/c1-3-5-7-9-11-13-15-17-19-21-23-24-25-26-27-28-29-30-31-32-33-34-36-38-40-42-44-46-48-50-56(71)55(68-59(72)51-49-47-45-43-41-39-37-35-22-20-18-16-14-12-10-8-6-4-2)54-78-66-64(77)62(75)65(58(53-70)80-66)81-67-63(76)61(74)60(73)57(52-69)79-67/h33-34,40,42,48,50,55-58,60-67,69-71,73-77H,3-32,35-39,41,43-47,49,51-54H2,1-2H3,(H,68,72)/b34-33+,42-40+,50-48+. The highest BCUT2D eigenvalue weighted by Crippen LogP contribution is 2.30. The van der Waals surface area contributed by atoms with Crippen molar-refractivity contribution >= 4 is 5.91 Å². The number of allylic oxidation sites excluding steroid dienone is 5. The Labute approximate surface area is 493 Å². The summed E-state index contributed by atoms with van der Waals surface area (Å²) in [5.41, 5.74) is 0. The van der Waals surface area contributed by atoms with Crippen molar-refractivity contribution in [1.29, 1.82) is 0 Å². The molecule has 0 aliphatic carbocycles. The summed E-state index contributed by atoms with van der Waals surface area (Å²) in [4.78, 5) is 13.3. The molecule has 2 saturated heterocycles. The van der Waals surface area contributed by atoms with E-state index < -0.39 is 86.8 Å². The Kier molecular flexibility index (Phi) is 48.8.